The summed E-state index contributed by atoms with van der Waals surface area (Å²) in [5.41, 5.74) is 6.81. The van der Waals surface area contributed by atoms with Crippen LogP contribution in [0.25, 0.3) is 0 Å². The van der Waals surface area contributed by atoms with Crippen molar-refractivity contribution >= 4 is 0 Å². The Balaban J connectivity index is 2.70. The molecule has 0 aliphatic rings. The first kappa shape index (κ1) is 13.2. The molecule has 0 saturated carbocycles. The largest absolute Gasteiger partial charge is 0.385 e. The molecule has 0 bridgehead atoms. The quantitative estimate of drug-likeness (QED) is 0.774. The van der Waals surface area contributed by atoms with Gasteiger partial charge in [0.2, 0.25) is 0 Å². The minimum atomic E-state index is -0.614. The van der Waals surface area contributed by atoms with Crippen LogP contribution in [0, 0.1) is 5.92 Å². The number of aliphatic hydroxyl groups excluding tert-OH is 1. The Hall–Kier alpha value is -0.870. The number of hydrogen-bond donors (Lipinski definition) is 2. The Bertz CT molecular complexity index is 309. The molecule has 1 aromatic heterocycles. The lowest BCUT2D eigenvalue weighted by Crippen LogP contribution is -2.31. The summed E-state index contributed by atoms with van der Waals surface area (Å²) in [6.07, 6.45) is 2.92. The summed E-state index contributed by atoms with van der Waals surface area (Å²) in [5.74, 6) is 0.493. The number of aliphatic hydroxyl groups is 1. The van der Waals surface area contributed by atoms with Gasteiger partial charge < -0.3 is 10.8 Å². The SMILES string of the molecule is CCCn1nccc1C(O)C(N)CC(C)C. The Labute approximate surface area is 97.5 Å². The smallest absolute Gasteiger partial charge is 0.111 e. The molecular weight excluding hydrogens is 202 g/mol. The van der Waals surface area contributed by atoms with E-state index in [9.17, 15) is 5.11 Å². The highest BCUT2D eigenvalue weighted by molar-refractivity contribution is 5.07. The molecule has 16 heavy (non-hydrogen) atoms. The molecule has 0 spiro atoms. The summed E-state index contributed by atoms with van der Waals surface area (Å²) in [6.45, 7) is 7.13. The number of aryl methyl sites for hydroxylation is 1. The van der Waals surface area contributed by atoms with Crippen molar-refractivity contribution in [3.63, 3.8) is 0 Å². The molecule has 3 N–H and O–H groups in total. The molecule has 0 saturated heterocycles. The van der Waals surface area contributed by atoms with Crippen LogP contribution in [-0.2, 0) is 6.54 Å². The number of aromatic nitrogens is 2. The predicted octanol–water partition coefficient (Wildman–Crippen LogP) is 1.70. The third-order valence-electron chi connectivity index (χ3n) is 2.64. The van der Waals surface area contributed by atoms with E-state index in [1.807, 2.05) is 10.7 Å². The van der Waals surface area contributed by atoms with Crippen molar-refractivity contribution in [1.29, 1.82) is 0 Å². The summed E-state index contributed by atoms with van der Waals surface area (Å²) >= 11 is 0. The van der Waals surface area contributed by atoms with Crippen molar-refractivity contribution in [3.8, 4) is 0 Å². The minimum absolute atomic E-state index is 0.215. The monoisotopic (exact) mass is 225 g/mol. The third kappa shape index (κ3) is 3.32. The number of rotatable bonds is 6. The maximum atomic E-state index is 10.1. The van der Waals surface area contributed by atoms with Gasteiger partial charge in [0.1, 0.15) is 6.10 Å². The predicted molar refractivity (Wildman–Crippen MR) is 64.9 cm³/mol. The van der Waals surface area contributed by atoms with Crippen molar-refractivity contribution in [1.82, 2.24) is 9.78 Å². The van der Waals surface area contributed by atoms with E-state index in [2.05, 4.69) is 25.9 Å². The number of hydrogen-bond acceptors (Lipinski definition) is 3. The van der Waals surface area contributed by atoms with E-state index < -0.39 is 6.10 Å². The van der Waals surface area contributed by atoms with Gasteiger partial charge in [-0.15, -0.1) is 0 Å². The Morgan fingerprint density at radius 1 is 1.50 bits per heavy atom. The molecule has 1 heterocycles. The first-order valence-corrected chi connectivity index (χ1v) is 6.01. The molecule has 0 amide bonds. The maximum absolute atomic E-state index is 10.1. The number of nitrogens with zero attached hydrogens (tertiary/aromatic N) is 2. The average molecular weight is 225 g/mol. The molecule has 0 aliphatic carbocycles. The van der Waals surface area contributed by atoms with E-state index in [-0.39, 0.29) is 6.04 Å². The Kier molecular flexibility index (Phi) is 4.96. The van der Waals surface area contributed by atoms with Crippen LogP contribution in [0.15, 0.2) is 12.3 Å². The third-order valence-corrected chi connectivity index (χ3v) is 2.64. The van der Waals surface area contributed by atoms with E-state index >= 15 is 0 Å². The van der Waals surface area contributed by atoms with Gasteiger partial charge in [-0.25, -0.2) is 0 Å². The summed E-state index contributed by atoms with van der Waals surface area (Å²) in [5, 5.41) is 14.3. The van der Waals surface area contributed by atoms with E-state index in [1.54, 1.807) is 6.20 Å². The highest BCUT2D eigenvalue weighted by atomic mass is 16.3. The van der Waals surface area contributed by atoms with Crippen molar-refractivity contribution < 1.29 is 5.11 Å². The van der Waals surface area contributed by atoms with Crippen LogP contribution in [0.2, 0.25) is 0 Å². The van der Waals surface area contributed by atoms with Crippen molar-refractivity contribution in [2.24, 2.45) is 11.7 Å². The zero-order valence-electron chi connectivity index (χ0n) is 10.4. The lowest BCUT2D eigenvalue weighted by molar-refractivity contribution is 0.126. The topological polar surface area (TPSA) is 64.1 Å². The Morgan fingerprint density at radius 2 is 2.19 bits per heavy atom. The normalized spacial score (nSPS) is 15.4. The standard InChI is InChI=1S/C12H23N3O/c1-4-7-15-11(5-6-14-15)12(16)10(13)8-9(2)3/h5-6,9-10,12,16H,4,7-8,13H2,1-3H3. The van der Waals surface area contributed by atoms with Crippen LogP contribution < -0.4 is 5.73 Å². The van der Waals surface area contributed by atoms with Gasteiger partial charge in [0.15, 0.2) is 0 Å². The molecule has 92 valence electrons. The molecule has 4 heteroatoms. The second-order valence-electron chi connectivity index (χ2n) is 4.72. The molecule has 1 rings (SSSR count). The highest BCUT2D eigenvalue weighted by Crippen LogP contribution is 2.19. The summed E-state index contributed by atoms with van der Waals surface area (Å²) in [6, 6.07) is 1.63. The van der Waals surface area contributed by atoms with Crippen molar-refractivity contribution in [2.75, 3.05) is 0 Å². The summed E-state index contributed by atoms with van der Waals surface area (Å²) < 4.78 is 1.84. The molecule has 1 aromatic rings. The molecule has 2 unspecified atom stereocenters. The molecule has 4 nitrogen and oxygen atoms in total. The lowest BCUT2D eigenvalue weighted by atomic mass is 9.98. The molecule has 0 aromatic carbocycles. The van der Waals surface area contributed by atoms with Gasteiger partial charge in [-0.3, -0.25) is 4.68 Å². The zero-order valence-corrected chi connectivity index (χ0v) is 10.4. The van der Waals surface area contributed by atoms with E-state index in [4.69, 9.17) is 5.73 Å². The molecule has 0 fully saturated rings. The second kappa shape index (κ2) is 6.01. The molecule has 0 aliphatic heterocycles. The van der Waals surface area contributed by atoms with Crippen LogP contribution in [0.4, 0.5) is 0 Å². The first-order valence-electron chi connectivity index (χ1n) is 6.01. The molecule has 2 atom stereocenters. The second-order valence-corrected chi connectivity index (χ2v) is 4.72. The summed E-state index contributed by atoms with van der Waals surface area (Å²) in [7, 11) is 0. The lowest BCUT2D eigenvalue weighted by Gasteiger charge is -2.21. The fraction of sp³-hybridized carbons (Fsp3) is 0.750. The van der Waals surface area contributed by atoms with E-state index in [1.165, 1.54) is 0 Å². The van der Waals surface area contributed by atoms with Crippen LogP contribution in [0.3, 0.4) is 0 Å². The minimum Gasteiger partial charge on any atom is -0.385 e. The number of nitrogens with two attached hydrogens (primary N) is 1. The molecular formula is C12H23N3O. The van der Waals surface area contributed by atoms with Gasteiger partial charge in [0.05, 0.1) is 5.69 Å². The average Bonchev–Trinajstić information content (AvgIpc) is 2.64. The van der Waals surface area contributed by atoms with E-state index in [0.29, 0.717) is 5.92 Å². The highest BCUT2D eigenvalue weighted by Gasteiger charge is 2.21. The first-order chi connectivity index (χ1) is 7.56. The fourth-order valence-corrected chi connectivity index (χ4v) is 1.89. The van der Waals surface area contributed by atoms with Crippen LogP contribution >= 0.6 is 0 Å². The zero-order chi connectivity index (χ0) is 12.1. The summed E-state index contributed by atoms with van der Waals surface area (Å²) in [4.78, 5) is 0. The van der Waals surface area contributed by atoms with Gasteiger partial charge in [-0.1, -0.05) is 20.8 Å². The maximum Gasteiger partial charge on any atom is 0.111 e. The van der Waals surface area contributed by atoms with Gasteiger partial charge >= 0.3 is 0 Å². The van der Waals surface area contributed by atoms with Gasteiger partial charge in [0.25, 0.3) is 0 Å². The molecule has 0 radical (unpaired) electrons. The van der Waals surface area contributed by atoms with E-state index in [0.717, 1.165) is 25.1 Å². The van der Waals surface area contributed by atoms with Gasteiger partial charge in [0, 0.05) is 18.8 Å². The Morgan fingerprint density at radius 3 is 2.75 bits per heavy atom. The van der Waals surface area contributed by atoms with Crippen LogP contribution in [-0.4, -0.2) is 20.9 Å². The van der Waals surface area contributed by atoms with Crippen molar-refractivity contribution in [2.45, 2.75) is 52.3 Å². The van der Waals surface area contributed by atoms with Gasteiger partial charge in [-0.2, -0.15) is 5.10 Å². The van der Waals surface area contributed by atoms with Crippen molar-refractivity contribution in [3.05, 3.63) is 18.0 Å². The van der Waals surface area contributed by atoms with Crippen LogP contribution in [0.1, 0.15) is 45.4 Å². The van der Waals surface area contributed by atoms with Crippen LogP contribution in [0.5, 0.6) is 0 Å². The van der Waals surface area contributed by atoms with Gasteiger partial charge in [-0.05, 0) is 24.8 Å². The fourth-order valence-electron chi connectivity index (χ4n) is 1.89.